The van der Waals surface area contributed by atoms with Crippen LogP contribution in [-0.4, -0.2) is 26.0 Å². The normalized spacial score (nSPS) is 12.1. The van der Waals surface area contributed by atoms with Crippen LogP contribution in [-0.2, 0) is 4.79 Å². The van der Waals surface area contributed by atoms with Gasteiger partial charge >= 0.3 is 0 Å². The Bertz CT molecular complexity index is 860. The molecular weight excluding hydrogens is 320 g/mol. The smallest absolute Gasteiger partial charge is 0.215 e. The number of ketones is 1. The number of benzene rings is 2. The number of aromatic nitrogens is 4. The first-order chi connectivity index (χ1) is 11.6. The van der Waals surface area contributed by atoms with Crippen molar-refractivity contribution in [1.29, 1.82) is 0 Å². The first kappa shape index (κ1) is 16.4. The van der Waals surface area contributed by atoms with Crippen LogP contribution in [0.5, 0.6) is 0 Å². The van der Waals surface area contributed by atoms with Gasteiger partial charge in [-0.25, -0.2) is 0 Å². The molecule has 0 amide bonds. The van der Waals surface area contributed by atoms with Gasteiger partial charge < -0.3 is 0 Å². The van der Waals surface area contributed by atoms with Crippen LogP contribution in [0.4, 0.5) is 0 Å². The second kappa shape index (κ2) is 6.97. The highest BCUT2D eigenvalue weighted by Crippen LogP contribution is 2.35. The van der Waals surface area contributed by atoms with Crippen LogP contribution >= 0.6 is 11.8 Å². The summed E-state index contributed by atoms with van der Waals surface area (Å²) in [6.45, 7) is 5.64. The van der Waals surface area contributed by atoms with Crippen LogP contribution in [0.2, 0.25) is 0 Å². The van der Waals surface area contributed by atoms with E-state index >= 15 is 0 Å². The molecule has 3 aromatic rings. The van der Waals surface area contributed by atoms with E-state index in [1.165, 1.54) is 11.8 Å². The number of carbonyl (C=O) groups excluding carboxylic acids is 1. The summed E-state index contributed by atoms with van der Waals surface area (Å²) in [6, 6.07) is 15.8. The van der Waals surface area contributed by atoms with Crippen molar-refractivity contribution >= 4 is 17.5 Å². The molecule has 0 bridgehead atoms. The van der Waals surface area contributed by atoms with E-state index in [0.29, 0.717) is 5.16 Å². The monoisotopic (exact) mass is 338 g/mol. The Morgan fingerprint density at radius 3 is 2.58 bits per heavy atom. The van der Waals surface area contributed by atoms with Crippen LogP contribution < -0.4 is 0 Å². The Balaban J connectivity index is 1.98. The van der Waals surface area contributed by atoms with E-state index in [9.17, 15) is 4.79 Å². The number of aryl methyl sites for hydroxylation is 2. The highest BCUT2D eigenvalue weighted by molar-refractivity contribution is 8.00. The molecule has 0 N–H and O–H groups in total. The largest absolute Gasteiger partial charge is 0.298 e. The van der Waals surface area contributed by atoms with Gasteiger partial charge in [0.25, 0.3) is 0 Å². The lowest BCUT2D eigenvalue weighted by atomic mass is 10.1. The summed E-state index contributed by atoms with van der Waals surface area (Å²) >= 11 is 1.37. The minimum atomic E-state index is -0.332. The minimum absolute atomic E-state index is 0.0710. The maximum Gasteiger partial charge on any atom is 0.215 e. The lowest BCUT2D eigenvalue weighted by molar-refractivity contribution is -0.116. The van der Waals surface area contributed by atoms with E-state index in [1.54, 1.807) is 11.6 Å². The number of hydrogen-bond donors (Lipinski definition) is 0. The Labute approximate surface area is 145 Å². The van der Waals surface area contributed by atoms with Crippen LogP contribution in [0, 0.1) is 13.8 Å². The highest BCUT2D eigenvalue weighted by atomic mass is 32.2. The summed E-state index contributed by atoms with van der Waals surface area (Å²) in [5.41, 5.74) is 4.09. The molecular formula is C18H18N4OS. The van der Waals surface area contributed by atoms with Gasteiger partial charge in [0.2, 0.25) is 5.16 Å². The van der Waals surface area contributed by atoms with E-state index in [-0.39, 0.29) is 11.0 Å². The SMILES string of the molecule is CC(=O)C(Sc1nnnn1-c1cc(C)ccc1C)c1ccccc1. The summed E-state index contributed by atoms with van der Waals surface area (Å²) in [6.07, 6.45) is 0. The van der Waals surface area contributed by atoms with Gasteiger partial charge in [-0.15, -0.1) is 5.10 Å². The molecule has 1 aromatic heterocycles. The third-order valence-electron chi connectivity index (χ3n) is 3.73. The molecule has 3 rings (SSSR count). The molecule has 6 heteroatoms. The molecule has 0 saturated heterocycles. The molecule has 1 atom stereocenters. The van der Waals surface area contributed by atoms with Gasteiger partial charge in [0.15, 0.2) is 0 Å². The number of nitrogens with zero attached hydrogens (tertiary/aromatic N) is 4. The number of hydrogen-bond acceptors (Lipinski definition) is 5. The highest BCUT2D eigenvalue weighted by Gasteiger charge is 2.22. The molecule has 0 fully saturated rings. The van der Waals surface area contributed by atoms with Crippen LogP contribution in [0.25, 0.3) is 5.69 Å². The van der Waals surface area contributed by atoms with Crippen LogP contribution in [0.3, 0.4) is 0 Å². The van der Waals surface area contributed by atoms with Gasteiger partial charge in [-0.05, 0) is 54.0 Å². The molecule has 1 unspecified atom stereocenters. The average Bonchev–Trinajstić information content (AvgIpc) is 3.03. The van der Waals surface area contributed by atoms with Crippen LogP contribution in [0.15, 0.2) is 53.7 Å². The third-order valence-corrected chi connectivity index (χ3v) is 5.03. The van der Waals surface area contributed by atoms with Crippen molar-refractivity contribution < 1.29 is 4.79 Å². The standard InChI is InChI=1S/C18H18N4OS/c1-12-9-10-13(2)16(11-12)22-18(19-20-21-22)24-17(14(3)23)15-7-5-4-6-8-15/h4-11,17H,1-3H3. The maximum atomic E-state index is 12.1. The summed E-state index contributed by atoms with van der Waals surface area (Å²) in [4.78, 5) is 12.1. The van der Waals surface area contributed by atoms with Gasteiger partial charge in [0.05, 0.1) is 10.9 Å². The van der Waals surface area contributed by atoms with Gasteiger partial charge in [-0.2, -0.15) is 4.68 Å². The Hall–Kier alpha value is -2.47. The van der Waals surface area contributed by atoms with Crippen molar-refractivity contribution in [3.8, 4) is 5.69 Å². The van der Waals surface area contributed by atoms with E-state index in [4.69, 9.17) is 0 Å². The molecule has 122 valence electrons. The third kappa shape index (κ3) is 3.38. The second-order valence-electron chi connectivity index (χ2n) is 5.68. The molecule has 2 aromatic carbocycles. The van der Waals surface area contributed by atoms with Crippen molar-refractivity contribution in [3.05, 3.63) is 65.2 Å². The number of thioether (sulfide) groups is 1. The Morgan fingerprint density at radius 1 is 1.12 bits per heavy atom. The van der Waals surface area contributed by atoms with E-state index in [2.05, 4.69) is 21.6 Å². The van der Waals surface area contributed by atoms with Crippen molar-refractivity contribution in [2.45, 2.75) is 31.2 Å². The second-order valence-corrected chi connectivity index (χ2v) is 6.75. The van der Waals surface area contributed by atoms with Crippen molar-refractivity contribution in [2.75, 3.05) is 0 Å². The van der Waals surface area contributed by atoms with E-state index in [0.717, 1.165) is 22.4 Å². The van der Waals surface area contributed by atoms with E-state index < -0.39 is 0 Å². The molecule has 24 heavy (non-hydrogen) atoms. The number of Topliss-reactive ketones (excluding diaryl/α,β-unsaturated/α-hetero) is 1. The summed E-state index contributed by atoms with van der Waals surface area (Å²) in [5, 5.41) is 12.3. The van der Waals surface area contributed by atoms with Gasteiger partial charge in [0, 0.05) is 0 Å². The predicted molar refractivity (Wildman–Crippen MR) is 94.3 cm³/mol. The average molecular weight is 338 g/mol. The first-order valence-electron chi connectivity index (χ1n) is 7.64. The molecule has 0 radical (unpaired) electrons. The number of rotatable bonds is 5. The fourth-order valence-electron chi connectivity index (χ4n) is 2.47. The molecule has 1 heterocycles. The van der Waals surface area contributed by atoms with Crippen molar-refractivity contribution in [3.63, 3.8) is 0 Å². The summed E-state index contributed by atoms with van der Waals surface area (Å²) in [5.74, 6) is 0.0710. The zero-order valence-corrected chi connectivity index (χ0v) is 14.6. The molecule has 0 saturated carbocycles. The fraction of sp³-hybridized carbons (Fsp3) is 0.222. The Morgan fingerprint density at radius 2 is 1.88 bits per heavy atom. The van der Waals surface area contributed by atoms with Gasteiger partial charge in [-0.3, -0.25) is 4.79 Å². The zero-order chi connectivity index (χ0) is 17.1. The zero-order valence-electron chi connectivity index (χ0n) is 13.8. The molecule has 0 aliphatic heterocycles. The first-order valence-corrected chi connectivity index (χ1v) is 8.52. The Kier molecular flexibility index (Phi) is 4.76. The topological polar surface area (TPSA) is 60.7 Å². The van der Waals surface area contributed by atoms with Crippen LogP contribution in [0.1, 0.15) is 28.9 Å². The molecule has 0 aliphatic carbocycles. The fourth-order valence-corrected chi connectivity index (χ4v) is 3.46. The molecule has 5 nitrogen and oxygen atoms in total. The minimum Gasteiger partial charge on any atom is -0.298 e. The molecule has 0 spiro atoms. The van der Waals surface area contributed by atoms with E-state index in [1.807, 2.05) is 56.3 Å². The maximum absolute atomic E-state index is 12.1. The lowest BCUT2D eigenvalue weighted by Gasteiger charge is -2.14. The quantitative estimate of drug-likeness (QED) is 0.664. The number of tetrazole rings is 1. The molecule has 0 aliphatic rings. The van der Waals surface area contributed by atoms with Gasteiger partial charge in [0.1, 0.15) is 5.78 Å². The lowest BCUT2D eigenvalue weighted by Crippen LogP contribution is -2.08. The predicted octanol–water partition coefficient (Wildman–Crippen LogP) is 3.70. The van der Waals surface area contributed by atoms with Crippen molar-refractivity contribution in [2.24, 2.45) is 0 Å². The van der Waals surface area contributed by atoms with Crippen molar-refractivity contribution in [1.82, 2.24) is 20.2 Å². The van der Waals surface area contributed by atoms with Gasteiger partial charge in [-0.1, -0.05) is 54.2 Å². The summed E-state index contributed by atoms with van der Waals surface area (Å²) < 4.78 is 1.70. The number of carbonyl (C=O) groups is 1. The summed E-state index contributed by atoms with van der Waals surface area (Å²) in [7, 11) is 0.